The molecular formula is C14H28N2S. The van der Waals surface area contributed by atoms with E-state index in [0.717, 1.165) is 12.1 Å². The van der Waals surface area contributed by atoms with E-state index >= 15 is 0 Å². The third-order valence-corrected chi connectivity index (χ3v) is 5.27. The largest absolute Gasteiger partial charge is 0.313 e. The summed E-state index contributed by atoms with van der Waals surface area (Å²) < 4.78 is 0. The first-order chi connectivity index (χ1) is 8.40. The van der Waals surface area contributed by atoms with Crippen LogP contribution in [0.25, 0.3) is 0 Å². The predicted molar refractivity (Wildman–Crippen MR) is 77.9 cm³/mol. The number of rotatable bonds is 6. The Kier molecular flexibility index (Phi) is 6.16. The van der Waals surface area contributed by atoms with Gasteiger partial charge in [-0.3, -0.25) is 4.90 Å². The van der Waals surface area contributed by atoms with Crippen LogP contribution in [-0.4, -0.2) is 48.1 Å². The van der Waals surface area contributed by atoms with E-state index in [1.807, 2.05) is 0 Å². The maximum atomic E-state index is 3.65. The number of hydrogen-bond acceptors (Lipinski definition) is 3. The Morgan fingerprint density at radius 3 is 2.88 bits per heavy atom. The highest BCUT2D eigenvalue weighted by molar-refractivity contribution is 7.99. The Balaban J connectivity index is 1.81. The van der Waals surface area contributed by atoms with Crippen LogP contribution in [0.1, 0.15) is 45.4 Å². The number of hydrogen-bond donors (Lipinski definition) is 1. The summed E-state index contributed by atoms with van der Waals surface area (Å²) in [4.78, 5) is 2.79. The molecule has 0 bridgehead atoms. The molecule has 2 unspecified atom stereocenters. The highest BCUT2D eigenvalue weighted by Crippen LogP contribution is 2.23. The van der Waals surface area contributed by atoms with Crippen molar-refractivity contribution in [1.29, 1.82) is 0 Å². The third kappa shape index (κ3) is 4.46. The molecule has 2 fully saturated rings. The van der Waals surface area contributed by atoms with Crippen molar-refractivity contribution in [2.45, 2.75) is 57.5 Å². The Bertz CT molecular complexity index is 198. The maximum Gasteiger partial charge on any atom is 0.0195 e. The first-order valence-corrected chi connectivity index (χ1v) is 8.61. The van der Waals surface area contributed by atoms with Crippen molar-refractivity contribution in [2.75, 3.05) is 31.1 Å². The fourth-order valence-electron chi connectivity index (χ4n) is 2.99. The van der Waals surface area contributed by atoms with Gasteiger partial charge in [0.2, 0.25) is 0 Å². The molecular weight excluding hydrogens is 228 g/mol. The summed E-state index contributed by atoms with van der Waals surface area (Å²) in [6.07, 6.45) is 8.33. The second kappa shape index (κ2) is 7.65. The average Bonchev–Trinajstić information content (AvgIpc) is 2.88. The number of thioether (sulfide) groups is 1. The zero-order chi connectivity index (χ0) is 11.9. The second-order valence-electron chi connectivity index (χ2n) is 5.51. The minimum atomic E-state index is 0.777. The molecule has 17 heavy (non-hydrogen) atoms. The van der Waals surface area contributed by atoms with Gasteiger partial charge in [-0.1, -0.05) is 13.3 Å². The van der Waals surface area contributed by atoms with Gasteiger partial charge >= 0.3 is 0 Å². The summed E-state index contributed by atoms with van der Waals surface area (Å²) in [7, 11) is 0. The van der Waals surface area contributed by atoms with Crippen LogP contribution in [0.5, 0.6) is 0 Å². The van der Waals surface area contributed by atoms with E-state index in [2.05, 4.69) is 28.9 Å². The third-order valence-electron chi connectivity index (χ3n) is 4.07. The molecule has 0 spiro atoms. The molecule has 0 aromatic heterocycles. The molecule has 2 heterocycles. The summed E-state index contributed by atoms with van der Waals surface area (Å²) in [5.74, 6) is 2.76. The monoisotopic (exact) mass is 256 g/mol. The van der Waals surface area contributed by atoms with Crippen LogP contribution >= 0.6 is 11.8 Å². The number of nitrogens with one attached hydrogen (secondary N) is 1. The van der Waals surface area contributed by atoms with Crippen LogP contribution < -0.4 is 5.32 Å². The predicted octanol–water partition coefficient (Wildman–Crippen LogP) is 2.74. The highest BCUT2D eigenvalue weighted by atomic mass is 32.2. The van der Waals surface area contributed by atoms with Crippen molar-refractivity contribution in [3.05, 3.63) is 0 Å². The molecule has 0 amide bonds. The van der Waals surface area contributed by atoms with E-state index in [9.17, 15) is 0 Å². The standard InChI is InChI=1S/C14H28N2S/c1-2-3-9-16(11-13-6-4-8-15-13)14-7-5-10-17-12-14/h13-15H,2-12H2,1H3. The smallest absolute Gasteiger partial charge is 0.0195 e. The molecule has 2 atom stereocenters. The zero-order valence-electron chi connectivity index (χ0n) is 11.3. The fraction of sp³-hybridized carbons (Fsp3) is 1.00. The Morgan fingerprint density at radius 2 is 2.24 bits per heavy atom. The quantitative estimate of drug-likeness (QED) is 0.787. The Labute approximate surface area is 111 Å². The summed E-state index contributed by atoms with van der Waals surface area (Å²) in [5, 5.41) is 3.65. The molecule has 2 aliphatic rings. The first-order valence-electron chi connectivity index (χ1n) is 7.45. The molecule has 2 aliphatic heterocycles. The van der Waals surface area contributed by atoms with Crippen LogP contribution in [0.4, 0.5) is 0 Å². The van der Waals surface area contributed by atoms with Gasteiger partial charge in [0.1, 0.15) is 0 Å². The van der Waals surface area contributed by atoms with E-state index in [-0.39, 0.29) is 0 Å². The molecule has 3 heteroatoms. The molecule has 2 saturated heterocycles. The number of unbranched alkanes of at least 4 members (excludes halogenated alkanes) is 1. The normalized spacial score (nSPS) is 30.0. The van der Waals surface area contributed by atoms with E-state index in [1.54, 1.807) is 0 Å². The zero-order valence-corrected chi connectivity index (χ0v) is 12.1. The van der Waals surface area contributed by atoms with E-state index in [1.165, 1.54) is 69.7 Å². The van der Waals surface area contributed by atoms with Gasteiger partial charge in [-0.2, -0.15) is 11.8 Å². The molecule has 2 nitrogen and oxygen atoms in total. The Morgan fingerprint density at radius 1 is 1.29 bits per heavy atom. The first kappa shape index (κ1) is 13.7. The fourth-order valence-corrected chi connectivity index (χ4v) is 4.18. The van der Waals surface area contributed by atoms with Gasteiger partial charge in [0, 0.05) is 24.4 Å². The van der Waals surface area contributed by atoms with Gasteiger partial charge in [-0.05, 0) is 50.9 Å². The minimum absolute atomic E-state index is 0.777. The van der Waals surface area contributed by atoms with Gasteiger partial charge in [0.05, 0.1) is 0 Å². The van der Waals surface area contributed by atoms with Gasteiger partial charge in [0.15, 0.2) is 0 Å². The van der Waals surface area contributed by atoms with Crippen LogP contribution in [0.2, 0.25) is 0 Å². The SMILES string of the molecule is CCCCN(CC1CCCN1)C1CCCSC1. The topological polar surface area (TPSA) is 15.3 Å². The molecule has 1 N–H and O–H groups in total. The number of nitrogens with zero attached hydrogens (tertiary/aromatic N) is 1. The lowest BCUT2D eigenvalue weighted by Crippen LogP contribution is -2.46. The van der Waals surface area contributed by atoms with Gasteiger partial charge in [0.25, 0.3) is 0 Å². The van der Waals surface area contributed by atoms with E-state index in [4.69, 9.17) is 0 Å². The van der Waals surface area contributed by atoms with Gasteiger partial charge in [-0.25, -0.2) is 0 Å². The summed E-state index contributed by atoms with van der Waals surface area (Å²) in [6.45, 7) is 6.17. The van der Waals surface area contributed by atoms with Crippen molar-refractivity contribution in [3.8, 4) is 0 Å². The van der Waals surface area contributed by atoms with Crippen LogP contribution in [-0.2, 0) is 0 Å². The van der Waals surface area contributed by atoms with Crippen LogP contribution in [0.15, 0.2) is 0 Å². The average molecular weight is 256 g/mol. The highest BCUT2D eigenvalue weighted by Gasteiger charge is 2.24. The lowest BCUT2D eigenvalue weighted by Gasteiger charge is -2.35. The summed E-state index contributed by atoms with van der Waals surface area (Å²) in [5.41, 5.74) is 0. The lowest BCUT2D eigenvalue weighted by atomic mass is 10.1. The molecule has 0 aliphatic carbocycles. The maximum absolute atomic E-state index is 3.65. The van der Waals surface area contributed by atoms with Crippen LogP contribution in [0, 0.1) is 0 Å². The van der Waals surface area contributed by atoms with Crippen molar-refractivity contribution < 1.29 is 0 Å². The summed E-state index contributed by atoms with van der Waals surface area (Å²) >= 11 is 2.16. The molecule has 0 saturated carbocycles. The van der Waals surface area contributed by atoms with E-state index in [0.29, 0.717) is 0 Å². The lowest BCUT2D eigenvalue weighted by molar-refractivity contribution is 0.180. The summed E-state index contributed by atoms with van der Waals surface area (Å²) in [6, 6.07) is 1.64. The van der Waals surface area contributed by atoms with Gasteiger partial charge < -0.3 is 5.32 Å². The van der Waals surface area contributed by atoms with Crippen molar-refractivity contribution >= 4 is 11.8 Å². The van der Waals surface area contributed by atoms with Crippen molar-refractivity contribution in [3.63, 3.8) is 0 Å². The van der Waals surface area contributed by atoms with Crippen LogP contribution in [0.3, 0.4) is 0 Å². The van der Waals surface area contributed by atoms with Gasteiger partial charge in [-0.15, -0.1) is 0 Å². The Hall–Kier alpha value is 0.270. The van der Waals surface area contributed by atoms with Crippen molar-refractivity contribution in [1.82, 2.24) is 10.2 Å². The molecule has 0 aromatic rings. The van der Waals surface area contributed by atoms with E-state index < -0.39 is 0 Å². The van der Waals surface area contributed by atoms with Crippen molar-refractivity contribution in [2.24, 2.45) is 0 Å². The minimum Gasteiger partial charge on any atom is -0.313 e. The molecule has 100 valence electrons. The molecule has 0 radical (unpaired) electrons. The molecule has 2 rings (SSSR count). The second-order valence-corrected chi connectivity index (χ2v) is 6.66. The molecule has 0 aromatic carbocycles.